The molecular formula is C26H38N6S. The molecule has 7 heteroatoms. The van der Waals surface area contributed by atoms with Gasteiger partial charge in [-0.15, -0.1) is 0 Å². The lowest BCUT2D eigenvalue weighted by Gasteiger charge is -2.35. The first kappa shape index (κ1) is 23.7. The van der Waals surface area contributed by atoms with Crippen LogP contribution in [0, 0.1) is 11.8 Å². The fourth-order valence-corrected chi connectivity index (χ4v) is 5.08. The standard InChI is InChI=1S/C26H38N6S/c1-20-9-7-15-31(18-20)23-17-24(32-16-8-10-21(2)19-32)29-25(28-23)30-26(33)27-14-6-13-22-11-4-3-5-12-22/h3-5,11-12,17,20-21H,6-10,13-16,18-19H2,1-2H3,(H2,27,28,29,30,33)/t20-,21-/m0/s1. The monoisotopic (exact) mass is 466 g/mol. The van der Waals surface area contributed by atoms with Crippen molar-refractivity contribution in [2.75, 3.05) is 47.8 Å². The van der Waals surface area contributed by atoms with E-state index >= 15 is 0 Å². The molecule has 2 saturated heterocycles. The normalized spacial score (nSPS) is 21.0. The highest BCUT2D eigenvalue weighted by molar-refractivity contribution is 7.80. The highest BCUT2D eigenvalue weighted by Crippen LogP contribution is 2.28. The van der Waals surface area contributed by atoms with Crippen molar-refractivity contribution >= 4 is 34.9 Å². The summed E-state index contributed by atoms with van der Waals surface area (Å²) in [6, 6.07) is 12.7. The molecule has 0 spiro atoms. The summed E-state index contributed by atoms with van der Waals surface area (Å²) in [4.78, 5) is 14.6. The van der Waals surface area contributed by atoms with Gasteiger partial charge in [0, 0.05) is 38.8 Å². The number of rotatable bonds is 7. The second-order valence-electron chi connectivity index (χ2n) is 9.76. The Morgan fingerprint density at radius 1 is 0.970 bits per heavy atom. The van der Waals surface area contributed by atoms with E-state index < -0.39 is 0 Å². The van der Waals surface area contributed by atoms with E-state index in [0.29, 0.717) is 22.9 Å². The molecule has 2 aliphatic heterocycles. The summed E-state index contributed by atoms with van der Waals surface area (Å²) in [5.41, 5.74) is 1.35. The third-order valence-corrected chi connectivity index (χ3v) is 6.90. The lowest BCUT2D eigenvalue weighted by atomic mass is 10.00. The van der Waals surface area contributed by atoms with Crippen LogP contribution < -0.4 is 20.4 Å². The zero-order chi connectivity index (χ0) is 23.0. The number of hydrogen-bond donors (Lipinski definition) is 2. The molecule has 3 heterocycles. The van der Waals surface area contributed by atoms with Crippen LogP contribution in [0.2, 0.25) is 0 Å². The van der Waals surface area contributed by atoms with Crippen LogP contribution in [-0.4, -0.2) is 47.8 Å². The summed E-state index contributed by atoms with van der Waals surface area (Å²) in [6.45, 7) is 9.68. The number of nitrogens with zero attached hydrogens (tertiary/aromatic N) is 4. The fraction of sp³-hybridized carbons (Fsp3) is 0.577. The lowest BCUT2D eigenvalue weighted by molar-refractivity contribution is 0.441. The molecule has 0 bridgehead atoms. The Morgan fingerprint density at radius 3 is 2.15 bits per heavy atom. The first-order chi connectivity index (χ1) is 16.1. The zero-order valence-electron chi connectivity index (χ0n) is 20.1. The molecule has 2 aromatic rings. The van der Waals surface area contributed by atoms with Crippen LogP contribution in [0.5, 0.6) is 0 Å². The Hall–Kier alpha value is -2.41. The molecule has 2 aliphatic rings. The number of thiocarbonyl (C=S) groups is 1. The van der Waals surface area contributed by atoms with Crippen molar-refractivity contribution in [1.29, 1.82) is 0 Å². The van der Waals surface area contributed by atoms with Gasteiger partial charge < -0.3 is 20.4 Å². The number of aromatic nitrogens is 2. The molecule has 0 radical (unpaired) electrons. The summed E-state index contributed by atoms with van der Waals surface area (Å²) in [7, 11) is 0. The van der Waals surface area contributed by atoms with Gasteiger partial charge in [-0.3, -0.25) is 0 Å². The Morgan fingerprint density at radius 2 is 1.58 bits per heavy atom. The van der Waals surface area contributed by atoms with Crippen molar-refractivity contribution in [2.24, 2.45) is 11.8 Å². The molecule has 1 aromatic heterocycles. The van der Waals surface area contributed by atoms with E-state index in [2.05, 4.69) is 70.7 Å². The highest BCUT2D eigenvalue weighted by Gasteiger charge is 2.23. The SMILES string of the molecule is C[C@H]1CCCN(c2cc(N3CCC[C@H](C)C3)nc(NC(=S)NCCCc3ccccc3)n2)C1. The van der Waals surface area contributed by atoms with E-state index in [1.165, 1.54) is 31.2 Å². The highest BCUT2D eigenvalue weighted by atomic mass is 32.1. The number of hydrogen-bond acceptors (Lipinski definition) is 5. The molecular weight excluding hydrogens is 428 g/mol. The molecule has 0 unspecified atom stereocenters. The van der Waals surface area contributed by atoms with Crippen LogP contribution in [-0.2, 0) is 6.42 Å². The average molecular weight is 467 g/mol. The first-order valence-corrected chi connectivity index (χ1v) is 13.0. The quantitative estimate of drug-likeness (QED) is 0.446. The van der Waals surface area contributed by atoms with E-state index in [1.807, 2.05) is 0 Å². The largest absolute Gasteiger partial charge is 0.362 e. The van der Waals surface area contributed by atoms with Gasteiger partial charge in [-0.2, -0.15) is 9.97 Å². The zero-order valence-corrected chi connectivity index (χ0v) is 20.9. The van der Waals surface area contributed by atoms with Crippen molar-refractivity contribution in [3.05, 3.63) is 42.0 Å². The maximum absolute atomic E-state index is 5.57. The minimum absolute atomic E-state index is 0.588. The topological polar surface area (TPSA) is 56.3 Å². The van der Waals surface area contributed by atoms with Crippen LogP contribution in [0.25, 0.3) is 0 Å². The summed E-state index contributed by atoms with van der Waals surface area (Å²) in [5.74, 6) is 4.00. The molecule has 2 N–H and O–H groups in total. The Labute approximate surface area is 204 Å². The van der Waals surface area contributed by atoms with E-state index in [0.717, 1.165) is 57.2 Å². The van der Waals surface area contributed by atoms with Crippen molar-refractivity contribution < 1.29 is 0 Å². The number of benzene rings is 1. The molecule has 0 aliphatic carbocycles. The minimum atomic E-state index is 0.588. The maximum Gasteiger partial charge on any atom is 0.232 e. The summed E-state index contributed by atoms with van der Waals surface area (Å²) < 4.78 is 0. The first-order valence-electron chi connectivity index (χ1n) is 12.5. The van der Waals surface area contributed by atoms with E-state index in [-0.39, 0.29) is 0 Å². The molecule has 6 nitrogen and oxygen atoms in total. The van der Waals surface area contributed by atoms with Crippen LogP contribution in [0.1, 0.15) is 51.5 Å². The van der Waals surface area contributed by atoms with Crippen molar-refractivity contribution in [1.82, 2.24) is 15.3 Å². The van der Waals surface area contributed by atoms with Gasteiger partial charge in [0.2, 0.25) is 5.95 Å². The third-order valence-electron chi connectivity index (χ3n) is 6.66. The van der Waals surface area contributed by atoms with Crippen LogP contribution in [0.15, 0.2) is 36.4 Å². The molecule has 0 saturated carbocycles. The molecule has 33 heavy (non-hydrogen) atoms. The van der Waals surface area contributed by atoms with Gasteiger partial charge in [0.15, 0.2) is 5.11 Å². The Kier molecular flexibility index (Phi) is 8.37. The van der Waals surface area contributed by atoms with Crippen LogP contribution in [0.4, 0.5) is 17.6 Å². The van der Waals surface area contributed by atoms with Crippen molar-refractivity contribution in [2.45, 2.75) is 52.4 Å². The molecule has 2 atom stereocenters. The van der Waals surface area contributed by atoms with Gasteiger partial charge in [-0.1, -0.05) is 44.2 Å². The van der Waals surface area contributed by atoms with Crippen LogP contribution in [0.3, 0.4) is 0 Å². The van der Waals surface area contributed by atoms with Gasteiger partial charge in [0.05, 0.1) is 0 Å². The molecule has 178 valence electrons. The summed E-state index contributed by atoms with van der Waals surface area (Å²) in [6.07, 6.45) is 7.07. The number of anilines is 3. The number of piperidine rings is 2. The van der Waals surface area contributed by atoms with Crippen LogP contribution >= 0.6 is 12.2 Å². The fourth-order valence-electron chi connectivity index (χ4n) is 4.88. The third kappa shape index (κ3) is 7.03. The Bertz CT molecular complexity index is 865. The Balaban J connectivity index is 1.41. The van der Waals surface area contributed by atoms with Crippen molar-refractivity contribution in [3.63, 3.8) is 0 Å². The van der Waals surface area contributed by atoms with Gasteiger partial charge in [-0.25, -0.2) is 0 Å². The smallest absolute Gasteiger partial charge is 0.232 e. The van der Waals surface area contributed by atoms with Gasteiger partial charge in [-0.05, 0) is 68.1 Å². The van der Waals surface area contributed by atoms with Gasteiger partial charge in [0.25, 0.3) is 0 Å². The van der Waals surface area contributed by atoms with E-state index in [9.17, 15) is 0 Å². The maximum atomic E-state index is 5.57. The lowest BCUT2D eigenvalue weighted by Crippen LogP contribution is -2.37. The minimum Gasteiger partial charge on any atom is -0.362 e. The second kappa shape index (κ2) is 11.6. The summed E-state index contributed by atoms with van der Waals surface area (Å²) >= 11 is 5.57. The molecule has 0 amide bonds. The predicted molar refractivity (Wildman–Crippen MR) is 142 cm³/mol. The van der Waals surface area contributed by atoms with Gasteiger partial charge >= 0.3 is 0 Å². The number of aryl methyl sites for hydroxylation is 1. The molecule has 4 rings (SSSR count). The average Bonchev–Trinajstić information content (AvgIpc) is 2.82. The second-order valence-corrected chi connectivity index (χ2v) is 10.2. The summed E-state index contributed by atoms with van der Waals surface area (Å²) in [5, 5.41) is 7.18. The van der Waals surface area contributed by atoms with E-state index in [4.69, 9.17) is 22.2 Å². The van der Waals surface area contributed by atoms with E-state index in [1.54, 1.807) is 0 Å². The van der Waals surface area contributed by atoms with Crippen molar-refractivity contribution in [3.8, 4) is 0 Å². The molecule has 2 fully saturated rings. The predicted octanol–water partition coefficient (Wildman–Crippen LogP) is 4.87. The molecule has 1 aromatic carbocycles. The number of nitrogens with one attached hydrogen (secondary N) is 2. The van der Waals surface area contributed by atoms with Gasteiger partial charge in [0.1, 0.15) is 11.6 Å².